The van der Waals surface area contributed by atoms with Crippen molar-refractivity contribution >= 4 is 22.5 Å². The number of aliphatic hydroxyl groups excluding tert-OH is 1. The number of rotatable bonds is 1. The van der Waals surface area contributed by atoms with Crippen LogP contribution in [0.25, 0.3) is 10.9 Å². The molecule has 1 aliphatic rings. The summed E-state index contributed by atoms with van der Waals surface area (Å²) in [6, 6.07) is 5.46. The number of nitrogens with zero attached hydrogens (tertiary/aromatic N) is 1. The van der Waals surface area contributed by atoms with Gasteiger partial charge in [0.2, 0.25) is 0 Å². The summed E-state index contributed by atoms with van der Waals surface area (Å²) in [5, 5.41) is 10.3. The zero-order valence-corrected chi connectivity index (χ0v) is 9.70. The number of hydrogen-bond donors (Lipinski definition) is 1. The molecule has 2 aromatic rings. The standard InChI is InChI=1S/C12H10ClNO3/c13-12-8(6-15)3-7-4-10-11(5-9(7)14-12)17-2-1-16-10/h3-5,15H,1-2,6H2. The number of hydrogen-bond acceptors (Lipinski definition) is 4. The van der Waals surface area contributed by atoms with E-state index >= 15 is 0 Å². The zero-order chi connectivity index (χ0) is 11.8. The molecule has 0 spiro atoms. The number of pyridine rings is 1. The number of halogens is 1. The number of benzene rings is 1. The van der Waals surface area contributed by atoms with E-state index in [2.05, 4.69) is 4.98 Å². The predicted molar refractivity (Wildman–Crippen MR) is 63.7 cm³/mol. The third-order valence-electron chi connectivity index (χ3n) is 2.68. The summed E-state index contributed by atoms with van der Waals surface area (Å²) >= 11 is 5.94. The van der Waals surface area contributed by atoms with Gasteiger partial charge in [-0.1, -0.05) is 11.6 Å². The second kappa shape index (κ2) is 4.05. The Balaban J connectivity index is 2.23. The smallest absolute Gasteiger partial charge is 0.163 e. The summed E-state index contributed by atoms with van der Waals surface area (Å²) in [7, 11) is 0. The van der Waals surface area contributed by atoms with E-state index in [-0.39, 0.29) is 6.61 Å². The summed E-state index contributed by atoms with van der Waals surface area (Å²) in [5.74, 6) is 1.39. The van der Waals surface area contributed by atoms with E-state index in [1.54, 1.807) is 6.07 Å². The fraction of sp³-hybridized carbons (Fsp3) is 0.250. The molecule has 0 atom stereocenters. The molecule has 1 N–H and O–H groups in total. The lowest BCUT2D eigenvalue weighted by Gasteiger charge is -2.18. The van der Waals surface area contributed by atoms with Crippen LogP contribution in [0.5, 0.6) is 11.5 Å². The molecule has 88 valence electrons. The molecule has 0 aliphatic carbocycles. The highest BCUT2D eigenvalue weighted by atomic mass is 35.5. The normalized spacial score (nSPS) is 14.0. The zero-order valence-electron chi connectivity index (χ0n) is 8.94. The molecule has 0 saturated carbocycles. The lowest BCUT2D eigenvalue weighted by molar-refractivity contribution is 0.172. The van der Waals surface area contributed by atoms with Gasteiger partial charge in [0.25, 0.3) is 0 Å². The van der Waals surface area contributed by atoms with Gasteiger partial charge in [-0.05, 0) is 12.1 Å². The van der Waals surface area contributed by atoms with Crippen LogP contribution in [-0.2, 0) is 6.61 Å². The number of ether oxygens (including phenoxy) is 2. The van der Waals surface area contributed by atoms with Crippen LogP contribution in [-0.4, -0.2) is 23.3 Å². The van der Waals surface area contributed by atoms with Gasteiger partial charge in [-0.25, -0.2) is 4.98 Å². The molecule has 1 aromatic heterocycles. The quantitative estimate of drug-likeness (QED) is 0.789. The first-order chi connectivity index (χ1) is 8.28. The number of aromatic nitrogens is 1. The molecule has 0 fully saturated rings. The molecule has 0 unspecified atom stereocenters. The molecule has 5 heteroatoms. The van der Waals surface area contributed by atoms with Crippen molar-refractivity contribution in [3.8, 4) is 11.5 Å². The first-order valence-corrected chi connectivity index (χ1v) is 5.65. The van der Waals surface area contributed by atoms with Gasteiger partial charge in [-0.3, -0.25) is 0 Å². The van der Waals surface area contributed by atoms with Crippen LogP contribution in [0, 0.1) is 0 Å². The van der Waals surface area contributed by atoms with Crippen LogP contribution in [0.2, 0.25) is 5.15 Å². The van der Waals surface area contributed by atoms with Crippen LogP contribution in [0.4, 0.5) is 0 Å². The van der Waals surface area contributed by atoms with Crippen molar-refractivity contribution in [2.24, 2.45) is 0 Å². The van der Waals surface area contributed by atoms with Crippen LogP contribution < -0.4 is 9.47 Å². The van der Waals surface area contributed by atoms with E-state index in [4.69, 9.17) is 26.2 Å². The lowest BCUT2D eigenvalue weighted by atomic mass is 10.1. The molecule has 1 aromatic carbocycles. The van der Waals surface area contributed by atoms with Gasteiger partial charge in [0, 0.05) is 17.0 Å². The van der Waals surface area contributed by atoms with E-state index in [0.29, 0.717) is 35.4 Å². The number of fused-ring (bicyclic) bond motifs is 2. The highest BCUT2D eigenvalue weighted by molar-refractivity contribution is 6.30. The van der Waals surface area contributed by atoms with E-state index < -0.39 is 0 Å². The molecule has 2 heterocycles. The molecule has 4 nitrogen and oxygen atoms in total. The first kappa shape index (κ1) is 10.6. The van der Waals surface area contributed by atoms with Crippen LogP contribution >= 0.6 is 11.6 Å². The molecular formula is C12H10ClNO3. The Morgan fingerprint density at radius 2 is 1.88 bits per heavy atom. The predicted octanol–water partition coefficient (Wildman–Crippen LogP) is 2.15. The molecule has 0 bridgehead atoms. The second-order valence-corrected chi connectivity index (χ2v) is 4.14. The molecule has 17 heavy (non-hydrogen) atoms. The Bertz CT molecular complexity index is 585. The SMILES string of the molecule is OCc1cc2cc3c(cc2nc1Cl)OCCO3. The Morgan fingerprint density at radius 3 is 2.59 bits per heavy atom. The van der Waals surface area contributed by atoms with Gasteiger partial charge in [0.05, 0.1) is 12.1 Å². The van der Waals surface area contributed by atoms with Crippen LogP contribution in [0.15, 0.2) is 18.2 Å². The van der Waals surface area contributed by atoms with Crippen molar-refractivity contribution in [1.82, 2.24) is 4.98 Å². The van der Waals surface area contributed by atoms with Crippen molar-refractivity contribution in [1.29, 1.82) is 0 Å². The van der Waals surface area contributed by atoms with Crippen molar-refractivity contribution < 1.29 is 14.6 Å². The van der Waals surface area contributed by atoms with Crippen molar-refractivity contribution in [3.05, 3.63) is 28.9 Å². The maximum Gasteiger partial charge on any atom is 0.163 e. The van der Waals surface area contributed by atoms with Crippen LogP contribution in [0.3, 0.4) is 0 Å². The van der Waals surface area contributed by atoms with Crippen molar-refractivity contribution in [2.45, 2.75) is 6.61 Å². The third kappa shape index (κ3) is 1.79. The second-order valence-electron chi connectivity index (χ2n) is 3.78. The summed E-state index contributed by atoms with van der Waals surface area (Å²) in [4.78, 5) is 4.22. The third-order valence-corrected chi connectivity index (χ3v) is 3.00. The van der Waals surface area contributed by atoms with Gasteiger partial charge in [0.1, 0.15) is 18.4 Å². The molecule has 0 saturated heterocycles. The number of aliphatic hydroxyl groups is 1. The molecule has 0 radical (unpaired) electrons. The van der Waals surface area contributed by atoms with E-state index in [1.165, 1.54) is 0 Å². The van der Waals surface area contributed by atoms with Gasteiger partial charge in [0.15, 0.2) is 11.5 Å². The lowest BCUT2D eigenvalue weighted by Crippen LogP contribution is -2.15. The maximum atomic E-state index is 9.14. The largest absolute Gasteiger partial charge is 0.486 e. The highest BCUT2D eigenvalue weighted by Crippen LogP contribution is 2.35. The summed E-state index contributed by atoms with van der Waals surface area (Å²) in [5.41, 5.74) is 1.34. The van der Waals surface area contributed by atoms with E-state index in [0.717, 1.165) is 10.9 Å². The van der Waals surface area contributed by atoms with Gasteiger partial charge in [-0.2, -0.15) is 0 Å². The molecule has 1 aliphatic heterocycles. The average Bonchev–Trinajstić information content (AvgIpc) is 2.35. The molecular weight excluding hydrogens is 242 g/mol. The Labute approximate surface area is 103 Å². The summed E-state index contributed by atoms with van der Waals surface area (Å²) in [6.07, 6.45) is 0. The van der Waals surface area contributed by atoms with E-state index in [1.807, 2.05) is 12.1 Å². The Morgan fingerprint density at radius 1 is 1.18 bits per heavy atom. The fourth-order valence-corrected chi connectivity index (χ4v) is 2.05. The van der Waals surface area contributed by atoms with Gasteiger partial charge >= 0.3 is 0 Å². The minimum Gasteiger partial charge on any atom is -0.486 e. The van der Waals surface area contributed by atoms with Crippen LogP contribution in [0.1, 0.15) is 5.56 Å². The topological polar surface area (TPSA) is 51.6 Å². The molecule has 3 rings (SSSR count). The van der Waals surface area contributed by atoms with E-state index in [9.17, 15) is 0 Å². The minimum atomic E-state index is -0.129. The fourth-order valence-electron chi connectivity index (χ4n) is 1.84. The Hall–Kier alpha value is -1.52. The average molecular weight is 252 g/mol. The minimum absolute atomic E-state index is 0.129. The van der Waals surface area contributed by atoms with Crippen molar-refractivity contribution in [3.63, 3.8) is 0 Å². The highest BCUT2D eigenvalue weighted by Gasteiger charge is 2.14. The monoisotopic (exact) mass is 251 g/mol. The summed E-state index contributed by atoms with van der Waals surface area (Å²) < 4.78 is 11.0. The molecule has 0 amide bonds. The Kier molecular flexibility index (Phi) is 2.53. The summed E-state index contributed by atoms with van der Waals surface area (Å²) in [6.45, 7) is 0.962. The van der Waals surface area contributed by atoms with Gasteiger partial charge < -0.3 is 14.6 Å². The van der Waals surface area contributed by atoms with Gasteiger partial charge in [-0.15, -0.1) is 0 Å². The maximum absolute atomic E-state index is 9.14. The first-order valence-electron chi connectivity index (χ1n) is 5.27. The van der Waals surface area contributed by atoms with Crippen molar-refractivity contribution in [2.75, 3.05) is 13.2 Å².